The fourth-order valence-electron chi connectivity index (χ4n) is 3.03. The number of ether oxygens (including phenoxy) is 1. The summed E-state index contributed by atoms with van der Waals surface area (Å²) in [4.78, 5) is 9.33. The van der Waals surface area contributed by atoms with E-state index in [9.17, 15) is 0 Å². The number of para-hydroxylation sites is 1. The van der Waals surface area contributed by atoms with E-state index >= 15 is 0 Å². The molecule has 0 amide bonds. The van der Waals surface area contributed by atoms with Crippen molar-refractivity contribution in [2.45, 2.75) is 0 Å². The molecule has 5 aromatic rings. The van der Waals surface area contributed by atoms with Gasteiger partial charge in [0.15, 0.2) is 11.6 Å². The smallest absolute Gasteiger partial charge is 0.166 e. The topological polar surface area (TPSA) is 104 Å². The third-order valence-electron chi connectivity index (χ3n) is 4.35. The Morgan fingerprint density at radius 2 is 1.85 bits per heavy atom. The van der Waals surface area contributed by atoms with E-state index in [1.54, 1.807) is 19.5 Å². The van der Waals surface area contributed by atoms with Gasteiger partial charge in [-0.15, -0.1) is 0 Å². The van der Waals surface area contributed by atoms with Crippen molar-refractivity contribution in [1.82, 2.24) is 30.4 Å². The van der Waals surface area contributed by atoms with Gasteiger partial charge in [0.1, 0.15) is 16.8 Å². The molecule has 3 heterocycles. The molecule has 5 rings (SSSR count). The van der Waals surface area contributed by atoms with E-state index in [1.807, 2.05) is 42.5 Å². The number of aromatic nitrogens is 6. The molecular formula is C19H15N7O. The highest BCUT2D eigenvalue weighted by Crippen LogP contribution is 2.31. The average Bonchev–Trinajstić information content (AvgIpc) is 3.36. The Balaban J connectivity index is 1.63. The van der Waals surface area contributed by atoms with E-state index in [0.717, 1.165) is 33.2 Å². The van der Waals surface area contributed by atoms with Crippen molar-refractivity contribution in [3.63, 3.8) is 0 Å². The van der Waals surface area contributed by atoms with E-state index in [2.05, 4.69) is 30.7 Å². The Morgan fingerprint density at radius 1 is 0.963 bits per heavy atom. The molecule has 0 fully saturated rings. The van der Waals surface area contributed by atoms with E-state index in [4.69, 9.17) is 9.72 Å². The lowest BCUT2D eigenvalue weighted by molar-refractivity contribution is 0.416. The van der Waals surface area contributed by atoms with E-state index in [1.165, 1.54) is 0 Å². The summed E-state index contributed by atoms with van der Waals surface area (Å²) in [7, 11) is 1.63. The lowest BCUT2D eigenvalue weighted by atomic mass is 10.2. The first-order chi connectivity index (χ1) is 13.3. The molecule has 2 aromatic carbocycles. The van der Waals surface area contributed by atoms with E-state index < -0.39 is 0 Å². The maximum absolute atomic E-state index is 5.46. The van der Waals surface area contributed by atoms with Gasteiger partial charge in [-0.2, -0.15) is 10.2 Å². The number of anilines is 2. The predicted molar refractivity (Wildman–Crippen MR) is 103 cm³/mol. The highest BCUT2D eigenvalue weighted by Gasteiger charge is 2.14. The number of nitrogens with one attached hydrogen (secondary N) is 3. The molecule has 0 atom stereocenters. The predicted octanol–water partition coefficient (Wildman–Crippen LogP) is 3.65. The summed E-state index contributed by atoms with van der Waals surface area (Å²) < 4.78 is 5.46. The van der Waals surface area contributed by atoms with Gasteiger partial charge in [0.05, 0.1) is 30.6 Å². The largest absolute Gasteiger partial charge is 0.496 e. The molecule has 0 saturated heterocycles. The van der Waals surface area contributed by atoms with Gasteiger partial charge in [-0.25, -0.2) is 9.97 Å². The number of hydrogen-bond acceptors (Lipinski definition) is 6. The lowest BCUT2D eigenvalue weighted by Crippen LogP contribution is -2.00. The summed E-state index contributed by atoms with van der Waals surface area (Å²) in [6.07, 6.45) is 3.47. The van der Waals surface area contributed by atoms with Crippen LogP contribution in [0.2, 0.25) is 0 Å². The molecule has 132 valence electrons. The lowest BCUT2D eigenvalue weighted by Gasteiger charge is -2.11. The summed E-state index contributed by atoms with van der Waals surface area (Å²) >= 11 is 0. The standard InChI is InChI=1S/C19H15N7O/c1-27-16-5-3-2-4-13(16)18-23-15-10-21-26-17(15)19(24-18)22-12-7-6-11-9-20-25-14(11)8-12/h2-10H,1H3,(H,20,25)(H,21,26)(H,22,23,24). The van der Waals surface area contributed by atoms with Gasteiger partial charge in [-0.05, 0) is 30.3 Å². The van der Waals surface area contributed by atoms with Crippen molar-refractivity contribution in [3.8, 4) is 17.1 Å². The van der Waals surface area contributed by atoms with Crippen LogP contribution in [0.25, 0.3) is 33.3 Å². The van der Waals surface area contributed by atoms with Gasteiger partial charge in [0, 0.05) is 11.1 Å². The van der Waals surface area contributed by atoms with Crippen molar-refractivity contribution in [2.75, 3.05) is 12.4 Å². The van der Waals surface area contributed by atoms with Crippen molar-refractivity contribution in [1.29, 1.82) is 0 Å². The number of methoxy groups -OCH3 is 1. The summed E-state index contributed by atoms with van der Waals surface area (Å²) in [5.74, 6) is 1.91. The van der Waals surface area contributed by atoms with Gasteiger partial charge in [-0.1, -0.05) is 12.1 Å². The van der Waals surface area contributed by atoms with Crippen LogP contribution in [-0.4, -0.2) is 37.5 Å². The van der Waals surface area contributed by atoms with Crippen LogP contribution in [0.3, 0.4) is 0 Å². The van der Waals surface area contributed by atoms with E-state index in [-0.39, 0.29) is 0 Å². The minimum atomic E-state index is 0.562. The second-order valence-corrected chi connectivity index (χ2v) is 6.02. The Kier molecular flexibility index (Phi) is 3.46. The number of benzene rings is 2. The molecule has 0 aliphatic carbocycles. The first kappa shape index (κ1) is 15.3. The zero-order valence-corrected chi connectivity index (χ0v) is 14.4. The van der Waals surface area contributed by atoms with Crippen LogP contribution >= 0.6 is 0 Å². The second-order valence-electron chi connectivity index (χ2n) is 6.02. The SMILES string of the molecule is COc1ccccc1-c1nc(Nc2ccc3cn[nH]c3c2)c2[nH]ncc2n1. The van der Waals surface area contributed by atoms with Crippen LogP contribution < -0.4 is 10.1 Å². The first-order valence-electron chi connectivity index (χ1n) is 8.36. The highest BCUT2D eigenvalue weighted by atomic mass is 16.5. The van der Waals surface area contributed by atoms with Crippen molar-refractivity contribution >= 4 is 33.4 Å². The van der Waals surface area contributed by atoms with Gasteiger partial charge in [0.25, 0.3) is 0 Å². The quantitative estimate of drug-likeness (QED) is 0.453. The van der Waals surface area contributed by atoms with Crippen LogP contribution in [0.15, 0.2) is 54.9 Å². The maximum atomic E-state index is 5.46. The van der Waals surface area contributed by atoms with Gasteiger partial charge in [0.2, 0.25) is 0 Å². The van der Waals surface area contributed by atoms with Crippen molar-refractivity contribution < 1.29 is 4.74 Å². The highest BCUT2D eigenvalue weighted by molar-refractivity contribution is 5.90. The van der Waals surface area contributed by atoms with Crippen LogP contribution in [-0.2, 0) is 0 Å². The van der Waals surface area contributed by atoms with Crippen LogP contribution in [0, 0.1) is 0 Å². The molecule has 0 spiro atoms. The van der Waals surface area contributed by atoms with Gasteiger partial charge < -0.3 is 10.1 Å². The number of fused-ring (bicyclic) bond motifs is 2. The zero-order chi connectivity index (χ0) is 18.2. The molecule has 0 aliphatic rings. The van der Waals surface area contributed by atoms with Gasteiger partial charge >= 0.3 is 0 Å². The molecule has 0 radical (unpaired) electrons. The summed E-state index contributed by atoms with van der Waals surface area (Å²) in [5.41, 5.74) is 4.09. The molecular weight excluding hydrogens is 342 g/mol. The van der Waals surface area contributed by atoms with Crippen LogP contribution in [0.4, 0.5) is 11.5 Å². The molecule has 8 heteroatoms. The number of nitrogens with zero attached hydrogens (tertiary/aromatic N) is 4. The zero-order valence-electron chi connectivity index (χ0n) is 14.4. The van der Waals surface area contributed by atoms with Crippen LogP contribution in [0.5, 0.6) is 5.75 Å². The third kappa shape index (κ3) is 2.63. The minimum Gasteiger partial charge on any atom is -0.496 e. The molecule has 0 saturated carbocycles. The summed E-state index contributed by atoms with van der Waals surface area (Å²) in [5, 5.41) is 18.5. The number of hydrogen-bond donors (Lipinski definition) is 3. The fraction of sp³-hybridized carbons (Fsp3) is 0.0526. The Labute approximate surface area is 153 Å². The van der Waals surface area contributed by atoms with E-state index in [0.29, 0.717) is 17.4 Å². The second kappa shape index (κ2) is 6.10. The molecule has 27 heavy (non-hydrogen) atoms. The molecule has 3 N–H and O–H groups in total. The number of aromatic amines is 2. The normalized spacial score (nSPS) is 11.1. The van der Waals surface area contributed by atoms with Gasteiger partial charge in [-0.3, -0.25) is 10.2 Å². The molecule has 0 bridgehead atoms. The third-order valence-corrected chi connectivity index (χ3v) is 4.35. The first-order valence-corrected chi connectivity index (χ1v) is 8.36. The monoisotopic (exact) mass is 357 g/mol. The fourth-order valence-corrected chi connectivity index (χ4v) is 3.03. The Morgan fingerprint density at radius 3 is 2.78 bits per heavy atom. The molecule has 0 aliphatic heterocycles. The minimum absolute atomic E-state index is 0.562. The Hall–Kier alpha value is -3.94. The summed E-state index contributed by atoms with van der Waals surface area (Å²) in [6, 6.07) is 13.6. The van der Waals surface area contributed by atoms with Crippen LogP contribution in [0.1, 0.15) is 0 Å². The number of rotatable bonds is 4. The van der Waals surface area contributed by atoms with Crippen molar-refractivity contribution in [3.05, 3.63) is 54.9 Å². The molecule has 3 aromatic heterocycles. The molecule has 0 unspecified atom stereocenters. The maximum Gasteiger partial charge on any atom is 0.166 e. The molecule has 8 nitrogen and oxygen atoms in total. The average molecular weight is 357 g/mol. The number of H-pyrrole nitrogens is 2. The Bertz CT molecular complexity index is 1260. The van der Waals surface area contributed by atoms with Crippen molar-refractivity contribution in [2.24, 2.45) is 0 Å². The summed E-state index contributed by atoms with van der Waals surface area (Å²) in [6.45, 7) is 0.